The minimum Gasteiger partial charge on any atom is -0.279 e. The Labute approximate surface area is 95.4 Å². The van der Waals surface area contributed by atoms with E-state index in [0.717, 1.165) is 6.26 Å². The lowest BCUT2D eigenvalue weighted by Gasteiger charge is -1.98. The Morgan fingerprint density at radius 1 is 1.25 bits per heavy atom. The van der Waals surface area contributed by atoms with Crippen LogP contribution >= 0.6 is 0 Å². The van der Waals surface area contributed by atoms with Crippen LogP contribution in [-0.4, -0.2) is 20.5 Å². The van der Waals surface area contributed by atoms with Gasteiger partial charge in [-0.25, -0.2) is 8.42 Å². The Balaban J connectivity index is 3.00. The standard InChI is InChI=1S/C12H12O3S/c1-3-4-5-12(13)10-6-8-11(9-7-10)16(2,14)15/h6-9H,3H2,1-2H3. The molecule has 0 bridgehead atoms. The fraction of sp³-hybridized carbons (Fsp3) is 0.250. The fourth-order valence-electron chi connectivity index (χ4n) is 1.09. The molecule has 3 nitrogen and oxygen atoms in total. The van der Waals surface area contributed by atoms with E-state index in [0.29, 0.717) is 12.0 Å². The largest absolute Gasteiger partial charge is 0.279 e. The molecule has 0 fully saturated rings. The van der Waals surface area contributed by atoms with Crippen LogP contribution in [0.25, 0.3) is 0 Å². The number of hydrogen-bond donors (Lipinski definition) is 0. The van der Waals surface area contributed by atoms with Crippen LogP contribution in [0.5, 0.6) is 0 Å². The molecule has 0 saturated heterocycles. The number of carbonyl (C=O) groups is 1. The van der Waals surface area contributed by atoms with E-state index in [2.05, 4.69) is 11.8 Å². The smallest absolute Gasteiger partial charge is 0.235 e. The zero-order valence-corrected chi connectivity index (χ0v) is 9.97. The van der Waals surface area contributed by atoms with Gasteiger partial charge in [-0.2, -0.15) is 0 Å². The summed E-state index contributed by atoms with van der Waals surface area (Å²) in [6.45, 7) is 1.85. The van der Waals surface area contributed by atoms with Gasteiger partial charge >= 0.3 is 0 Å². The molecule has 0 aliphatic carbocycles. The Morgan fingerprint density at radius 3 is 2.25 bits per heavy atom. The van der Waals surface area contributed by atoms with Gasteiger partial charge in [-0.05, 0) is 30.2 Å². The monoisotopic (exact) mass is 236 g/mol. The molecular weight excluding hydrogens is 224 g/mol. The van der Waals surface area contributed by atoms with Crippen LogP contribution in [0.1, 0.15) is 23.7 Å². The first kappa shape index (κ1) is 12.5. The van der Waals surface area contributed by atoms with Crippen molar-refractivity contribution in [2.45, 2.75) is 18.2 Å². The summed E-state index contributed by atoms with van der Waals surface area (Å²) in [6.07, 6.45) is 1.74. The number of benzene rings is 1. The summed E-state index contributed by atoms with van der Waals surface area (Å²) in [5.41, 5.74) is 0.411. The SMILES string of the molecule is CCC#CC(=O)c1ccc(S(C)(=O)=O)cc1. The number of sulfone groups is 1. The van der Waals surface area contributed by atoms with Crippen LogP contribution < -0.4 is 0 Å². The average molecular weight is 236 g/mol. The number of Topliss-reactive ketones (excluding diaryl/α,β-unsaturated/α-hetero) is 1. The van der Waals surface area contributed by atoms with E-state index in [1.807, 2.05) is 6.92 Å². The van der Waals surface area contributed by atoms with Crippen LogP contribution in [0.15, 0.2) is 29.2 Å². The predicted molar refractivity (Wildman–Crippen MR) is 61.9 cm³/mol. The first-order valence-corrected chi connectivity index (χ1v) is 6.67. The third kappa shape index (κ3) is 3.21. The third-order valence-electron chi connectivity index (χ3n) is 1.92. The lowest BCUT2D eigenvalue weighted by atomic mass is 10.1. The molecule has 0 unspecified atom stereocenters. The Kier molecular flexibility index (Phi) is 3.86. The summed E-state index contributed by atoms with van der Waals surface area (Å²) in [6, 6.07) is 5.78. The molecule has 0 spiro atoms. The lowest BCUT2D eigenvalue weighted by Crippen LogP contribution is -1.99. The molecule has 0 heterocycles. The van der Waals surface area contributed by atoms with Crippen molar-refractivity contribution in [3.8, 4) is 11.8 Å². The molecule has 0 radical (unpaired) electrons. The molecule has 0 atom stereocenters. The highest BCUT2D eigenvalue weighted by Gasteiger charge is 2.08. The van der Waals surface area contributed by atoms with Gasteiger partial charge in [0, 0.05) is 18.2 Å². The van der Waals surface area contributed by atoms with Gasteiger partial charge in [0.05, 0.1) is 4.90 Å². The minimum atomic E-state index is -3.21. The zero-order valence-electron chi connectivity index (χ0n) is 9.15. The summed E-state index contributed by atoms with van der Waals surface area (Å²) >= 11 is 0. The average Bonchev–Trinajstić information content (AvgIpc) is 2.25. The number of ketones is 1. The summed E-state index contributed by atoms with van der Waals surface area (Å²) in [5.74, 6) is 4.85. The van der Waals surface area contributed by atoms with Crippen molar-refractivity contribution in [3.63, 3.8) is 0 Å². The van der Waals surface area contributed by atoms with Gasteiger partial charge in [-0.15, -0.1) is 0 Å². The molecule has 84 valence electrons. The summed E-state index contributed by atoms with van der Waals surface area (Å²) < 4.78 is 22.3. The Morgan fingerprint density at radius 2 is 1.81 bits per heavy atom. The van der Waals surface area contributed by atoms with Gasteiger partial charge in [-0.3, -0.25) is 4.79 Å². The van der Waals surface area contributed by atoms with Gasteiger partial charge < -0.3 is 0 Å². The van der Waals surface area contributed by atoms with Gasteiger partial charge in [0.1, 0.15) is 0 Å². The topological polar surface area (TPSA) is 51.2 Å². The molecule has 0 aromatic heterocycles. The van der Waals surface area contributed by atoms with E-state index in [1.165, 1.54) is 24.3 Å². The summed E-state index contributed by atoms with van der Waals surface area (Å²) in [4.78, 5) is 11.6. The quantitative estimate of drug-likeness (QED) is 0.446. The van der Waals surface area contributed by atoms with Crippen LogP contribution in [0, 0.1) is 11.8 Å². The molecule has 16 heavy (non-hydrogen) atoms. The molecule has 0 saturated carbocycles. The van der Waals surface area contributed by atoms with Crippen molar-refractivity contribution < 1.29 is 13.2 Å². The van der Waals surface area contributed by atoms with Gasteiger partial charge in [0.15, 0.2) is 9.84 Å². The second-order valence-electron chi connectivity index (χ2n) is 3.28. The molecule has 1 aromatic rings. The van der Waals surface area contributed by atoms with Crippen molar-refractivity contribution in [1.82, 2.24) is 0 Å². The molecule has 1 aromatic carbocycles. The van der Waals surface area contributed by atoms with E-state index in [-0.39, 0.29) is 10.7 Å². The number of hydrogen-bond acceptors (Lipinski definition) is 3. The highest BCUT2D eigenvalue weighted by atomic mass is 32.2. The molecule has 0 N–H and O–H groups in total. The van der Waals surface area contributed by atoms with Crippen molar-refractivity contribution in [2.75, 3.05) is 6.26 Å². The first-order valence-electron chi connectivity index (χ1n) is 4.78. The lowest BCUT2D eigenvalue weighted by molar-refractivity contribution is 0.105. The van der Waals surface area contributed by atoms with E-state index < -0.39 is 9.84 Å². The van der Waals surface area contributed by atoms with Crippen molar-refractivity contribution >= 4 is 15.6 Å². The minimum absolute atomic E-state index is 0.201. The predicted octanol–water partition coefficient (Wildman–Crippen LogP) is 1.69. The van der Waals surface area contributed by atoms with Crippen LogP contribution in [0.4, 0.5) is 0 Å². The molecular formula is C12H12O3S. The summed E-state index contributed by atoms with van der Waals surface area (Å²) in [7, 11) is -3.21. The van der Waals surface area contributed by atoms with E-state index in [1.54, 1.807) is 0 Å². The van der Waals surface area contributed by atoms with Crippen LogP contribution in [0.3, 0.4) is 0 Å². The summed E-state index contributed by atoms with van der Waals surface area (Å²) in [5, 5.41) is 0. The molecule has 1 rings (SSSR count). The second-order valence-corrected chi connectivity index (χ2v) is 5.30. The maximum absolute atomic E-state index is 11.4. The van der Waals surface area contributed by atoms with E-state index >= 15 is 0 Å². The maximum Gasteiger partial charge on any atom is 0.235 e. The fourth-order valence-corrected chi connectivity index (χ4v) is 1.72. The van der Waals surface area contributed by atoms with Gasteiger partial charge in [-0.1, -0.05) is 12.8 Å². The zero-order chi connectivity index (χ0) is 12.2. The highest BCUT2D eigenvalue weighted by Crippen LogP contribution is 2.10. The Hall–Kier alpha value is -1.60. The highest BCUT2D eigenvalue weighted by molar-refractivity contribution is 7.90. The number of rotatable bonds is 2. The van der Waals surface area contributed by atoms with Crippen molar-refractivity contribution in [3.05, 3.63) is 29.8 Å². The normalized spacial score (nSPS) is 10.4. The molecule has 4 heteroatoms. The van der Waals surface area contributed by atoms with Crippen LogP contribution in [-0.2, 0) is 9.84 Å². The van der Waals surface area contributed by atoms with Crippen LogP contribution in [0.2, 0.25) is 0 Å². The third-order valence-corrected chi connectivity index (χ3v) is 3.05. The molecule has 0 amide bonds. The molecule has 0 aliphatic rings. The van der Waals surface area contributed by atoms with E-state index in [9.17, 15) is 13.2 Å². The second kappa shape index (κ2) is 4.95. The van der Waals surface area contributed by atoms with E-state index in [4.69, 9.17) is 0 Å². The molecule has 0 aliphatic heterocycles. The van der Waals surface area contributed by atoms with Crippen molar-refractivity contribution in [2.24, 2.45) is 0 Å². The Bertz CT molecular complexity index is 542. The first-order chi connectivity index (χ1) is 7.45. The van der Waals surface area contributed by atoms with Gasteiger partial charge in [0.25, 0.3) is 0 Å². The van der Waals surface area contributed by atoms with Crippen molar-refractivity contribution in [1.29, 1.82) is 0 Å². The van der Waals surface area contributed by atoms with Gasteiger partial charge in [0.2, 0.25) is 5.78 Å². The maximum atomic E-state index is 11.4. The number of carbonyl (C=O) groups excluding carboxylic acids is 1.